The second-order valence-corrected chi connectivity index (χ2v) is 3.48. The van der Waals surface area contributed by atoms with Crippen LogP contribution in [0.4, 0.5) is 19.0 Å². The van der Waals surface area contributed by atoms with Gasteiger partial charge in [0.05, 0.1) is 6.61 Å². The number of anilines is 1. The fraction of sp³-hybridized carbons (Fsp3) is 0.545. The van der Waals surface area contributed by atoms with Crippen LogP contribution in [0.2, 0.25) is 0 Å². The van der Waals surface area contributed by atoms with Crippen LogP contribution in [0.15, 0.2) is 6.07 Å². The number of halogens is 3. The van der Waals surface area contributed by atoms with Gasteiger partial charge >= 0.3 is 0 Å². The van der Waals surface area contributed by atoms with E-state index in [1.54, 1.807) is 0 Å². The average molecular weight is 248 g/mol. The molecule has 0 unspecified atom stereocenters. The van der Waals surface area contributed by atoms with Crippen molar-refractivity contribution in [3.8, 4) is 0 Å². The van der Waals surface area contributed by atoms with Gasteiger partial charge in [-0.25, -0.2) is 8.78 Å². The first-order valence-electron chi connectivity index (χ1n) is 5.48. The van der Waals surface area contributed by atoms with E-state index in [1.807, 2.05) is 6.92 Å². The van der Waals surface area contributed by atoms with Crippen LogP contribution in [0.1, 0.15) is 19.8 Å². The third-order valence-electron chi connectivity index (χ3n) is 2.07. The molecule has 0 amide bonds. The van der Waals surface area contributed by atoms with Gasteiger partial charge < -0.3 is 10.1 Å². The molecule has 17 heavy (non-hydrogen) atoms. The molecule has 1 N–H and O–H groups in total. The number of nitrogens with one attached hydrogen (secondary N) is 1. The van der Waals surface area contributed by atoms with E-state index in [-0.39, 0.29) is 5.82 Å². The zero-order valence-electron chi connectivity index (χ0n) is 9.60. The van der Waals surface area contributed by atoms with Crippen LogP contribution in [0.5, 0.6) is 0 Å². The first kappa shape index (κ1) is 13.8. The lowest BCUT2D eigenvalue weighted by Gasteiger charge is -2.07. The lowest BCUT2D eigenvalue weighted by molar-refractivity contribution is 0.141. The van der Waals surface area contributed by atoms with E-state index in [1.165, 1.54) is 0 Å². The zero-order chi connectivity index (χ0) is 12.7. The Morgan fingerprint density at radius 3 is 2.71 bits per heavy atom. The second-order valence-electron chi connectivity index (χ2n) is 3.48. The largest absolute Gasteiger partial charge is 0.380 e. The Balaban J connectivity index is 2.34. The van der Waals surface area contributed by atoms with Crippen molar-refractivity contribution in [2.45, 2.75) is 19.8 Å². The van der Waals surface area contributed by atoms with Gasteiger partial charge in [0.15, 0.2) is 17.5 Å². The summed E-state index contributed by atoms with van der Waals surface area (Å²) in [5.74, 6) is -3.84. The number of ether oxygens (including phenoxy) is 1. The number of hydrogen-bond acceptors (Lipinski definition) is 3. The molecular formula is C11H15F3N2O. The Kier molecular flexibility index (Phi) is 5.76. The first-order chi connectivity index (χ1) is 8.15. The van der Waals surface area contributed by atoms with E-state index in [9.17, 15) is 13.2 Å². The third kappa shape index (κ3) is 4.60. The van der Waals surface area contributed by atoms with Gasteiger partial charge in [0.25, 0.3) is 5.95 Å². The summed E-state index contributed by atoms with van der Waals surface area (Å²) >= 11 is 0. The fourth-order valence-corrected chi connectivity index (χ4v) is 1.16. The van der Waals surface area contributed by atoms with Gasteiger partial charge in [-0.3, -0.25) is 0 Å². The molecule has 1 rings (SSSR count). The Morgan fingerprint density at radius 1 is 1.24 bits per heavy atom. The highest BCUT2D eigenvalue weighted by Crippen LogP contribution is 2.13. The topological polar surface area (TPSA) is 34.1 Å². The molecule has 96 valence electrons. The monoisotopic (exact) mass is 248 g/mol. The number of pyridine rings is 1. The van der Waals surface area contributed by atoms with Gasteiger partial charge in [-0.2, -0.15) is 9.37 Å². The molecule has 0 aliphatic rings. The summed E-state index contributed by atoms with van der Waals surface area (Å²) < 4.78 is 43.6. The van der Waals surface area contributed by atoms with Gasteiger partial charge in [-0.05, 0) is 6.42 Å². The molecule has 0 spiro atoms. The number of hydrogen-bond donors (Lipinski definition) is 1. The summed E-state index contributed by atoms with van der Waals surface area (Å²) in [5, 5.41) is 2.54. The summed E-state index contributed by atoms with van der Waals surface area (Å²) in [7, 11) is 0. The van der Waals surface area contributed by atoms with Crippen molar-refractivity contribution in [3.05, 3.63) is 23.6 Å². The molecular weight excluding hydrogens is 233 g/mol. The van der Waals surface area contributed by atoms with E-state index >= 15 is 0 Å². The molecule has 0 fully saturated rings. The van der Waals surface area contributed by atoms with Crippen LogP contribution in [-0.4, -0.2) is 24.7 Å². The van der Waals surface area contributed by atoms with Crippen LogP contribution in [0.3, 0.4) is 0 Å². The fourth-order valence-electron chi connectivity index (χ4n) is 1.16. The molecule has 0 aliphatic carbocycles. The number of aromatic nitrogens is 1. The molecule has 3 nitrogen and oxygen atoms in total. The van der Waals surface area contributed by atoms with Gasteiger partial charge in [0.2, 0.25) is 0 Å². The van der Waals surface area contributed by atoms with E-state index in [0.29, 0.717) is 25.8 Å². The second kappa shape index (κ2) is 7.11. The maximum absolute atomic E-state index is 13.1. The van der Waals surface area contributed by atoms with Crippen molar-refractivity contribution < 1.29 is 17.9 Å². The quantitative estimate of drug-likeness (QED) is 0.595. The Morgan fingerprint density at radius 2 is 2.00 bits per heavy atom. The smallest absolute Gasteiger partial charge is 0.251 e. The lowest BCUT2D eigenvalue weighted by Crippen LogP contribution is -2.13. The molecule has 0 saturated carbocycles. The van der Waals surface area contributed by atoms with Crippen LogP contribution in [0.25, 0.3) is 0 Å². The first-order valence-corrected chi connectivity index (χ1v) is 5.48. The Bertz CT molecular complexity index is 361. The standard InChI is InChI=1S/C11H15F3N2O/c1-2-3-5-17-6-4-15-11-9(13)7-8(12)10(14)16-11/h7H,2-6H2,1H3,(H,15,16). The van der Waals surface area contributed by atoms with Crippen LogP contribution >= 0.6 is 0 Å². The summed E-state index contributed by atoms with van der Waals surface area (Å²) in [6, 6.07) is 0.461. The zero-order valence-corrected chi connectivity index (χ0v) is 9.60. The van der Waals surface area contributed by atoms with Crippen molar-refractivity contribution in [1.82, 2.24) is 4.98 Å². The van der Waals surface area contributed by atoms with E-state index in [2.05, 4.69) is 10.3 Å². The molecule has 0 bridgehead atoms. The van der Waals surface area contributed by atoms with Gasteiger partial charge in [-0.1, -0.05) is 13.3 Å². The van der Waals surface area contributed by atoms with Crippen LogP contribution < -0.4 is 5.32 Å². The van der Waals surface area contributed by atoms with Crippen molar-refractivity contribution in [2.75, 3.05) is 25.1 Å². The van der Waals surface area contributed by atoms with E-state index < -0.39 is 17.6 Å². The third-order valence-corrected chi connectivity index (χ3v) is 2.07. The summed E-state index contributed by atoms with van der Waals surface area (Å²) in [6.07, 6.45) is 1.99. The minimum atomic E-state index is -1.32. The van der Waals surface area contributed by atoms with Crippen LogP contribution in [-0.2, 0) is 4.74 Å². The van der Waals surface area contributed by atoms with E-state index in [0.717, 1.165) is 12.8 Å². The molecule has 0 saturated heterocycles. The van der Waals surface area contributed by atoms with Gasteiger partial charge in [0, 0.05) is 19.2 Å². The van der Waals surface area contributed by atoms with Gasteiger partial charge in [-0.15, -0.1) is 0 Å². The summed E-state index contributed by atoms with van der Waals surface area (Å²) in [5.41, 5.74) is 0. The molecule has 0 radical (unpaired) electrons. The number of rotatable bonds is 7. The molecule has 1 aromatic rings. The van der Waals surface area contributed by atoms with Crippen molar-refractivity contribution in [2.24, 2.45) is 0 Å². The normalized spacial score (nSPS) is 10.6. The minimum Gasteiger partial charge on any atom is -0.380 e. The SMILES string of the molecule is CCCCOCCNc1nc(F)c(F)cc1F. The summed E-state index contributed by atoms with van der Waals surface area (Å²) in [4.78, 5) is 3.12. The number of nitrogens with zero attached hydrogens (tertiary/aromatic N) is 1. The molecule has 1 heterocycles. The molecule has 0 aromatic carbocycles. The highest BCUT2D eigenvalue weighted by molar-refractivity contribution is 5.35. The Hall–Kier alpha value is -1.30. The van der Waals surface area contributed by atoms with E-state index in [4.69, 9.17) is 4.74 Å². The number of unbranched alkanes of at least 4 members (excludes halogenated alkanes) is 1. The summed E-state index contributed by atoms with van der Waals surface area (Å²) in [6.45, 7) is 3.33. The molecule has 1 aromatic heterocycles. The highest BCUT2D eigenvalue weighted by atomic mass is 19.2. The molecule has 0 atom stereocenters. The lowest BCUT2D eigenvalue weighted by atomic mass is 10.4. The Labute approximate surface area is 98.0 Å². The molecule has 6 heteroatoms. The van der Waals surface area contributed by atoms with Crippen molar-refractivity contribution in [1.29, 1.82) is 0 Å². The van der Waals surface area contributed by atoms with Gasteiger partial charge in [0.1, 0.15) is 0 Å². The predicted molar refractivity (Wildman–Crippen MR) is 58.3 cm³/mol. The maximum atomic E-state index is 13.1. The highest BCUT2D eigenvalue weighted by Gasteiger charge is 2.10. The van der Waals surface area contributed by atoms with Crippen LogP contribution in [0, 0.1) is 17.6 Å². The maximum Gasteiger partial charge on any atom is 0.251 e. The van der Waals surface area contributed by atoms with Crippen molar-refractivity contribution >= 4 is 5.82 Å². The minimum absolute atomic E-state index is 0.290. The predicted octanol–water partition coefficient (Wildman–Crippen LogP) is 2.73. The average Bonchev–Trinajstić information content (AvgIpc) is 2.30. The van der Waals surface area contributed by atoms with Crippen molar-refractivity contribution in [3.63, 3.8) is 0 Å². The molecule has 0 aliphatic heterocycles.